The lowest BCUT2D eigenvalue weighted by atomic mass is 10.0. The van der Waals surface area contributed by atoms with Crippen molar-refractivity contribution >= 4 is 16.5 Å². The Morgan fingerprint density at radius 3 is 2.79 bits per heavy atom. The minimum atomic E-state index is -0.503. The Hall–Kier alpha value is -1.49. The normalized spacial score (nSPS) is 14.9. The average molecular weight is 280 g/mol. The van der Waals surface area contributed by atoms with Crippen molar-refractivity contribution < 1.29 is 8.78 Å². The van der Waals surface area contributed by atoms with E-state index in [0.717, 1.165) is 23.4 Å². The van der Waals surface area contributed by atoms with Crippen molar-refractivity contribution in [1.29, 1.82) is 0 Å². The topological polar surface area (TPSA) is 38.9 Å². The van der Waals surface area contributed by atoms with Gasteiger partial charge in [0.2, 0.25) is 0 Å². The van der Waals surface area contributed by atoms with Crippen LogP contribution in [0, 0.1) is 18.6 Å². The Morgan fingerprint density at radius 2 is 2.11 bits per heavy atom. The zero-order valence-electron chi connectivity index (χ0n) is 10.5. The Kier molecular flexibility index (Phi) is 3.01. The van der Waals surface area contributed by atoms with Crippen molar-refractivity contribution in [3.8, 4) is 0 Å². The molecule has 1 aliphatic carbocycles. The highest BCUT2D eigenvalue weighted by Gasteiger charge is 2.30. The summed E-state index contributed by atoms with van der Waals surface area (Å²) in [5.74, 6) is -0.537. The van der Waals surface area contributed by atoms with Gasteiger partial charge in [-0.2, -0.15) is 0 Å². The molecule has 0 aliphatic heterocycles. The molecule has 2 nitrogen and oxygen atoms in total. The quantitative estimate of drug-likeness (QED) is 0.929. The summed E-state index contributed by atoms with van der Waals surface area (Å²) in [5, 5.41) is 0.477. The number of halogens is 2. The molecule has 1 fully saturated rings. The van der Waals surface area contributed by atoms with Gasteiger partial charge in [0.1, 0.15) is 11.6 Å². The number of thiazole rings is 1. The third-order valence-electron chi connectivity index (χ3n) is 3.42. The van der Waals surface area contributed by atoms with E-state index in [4.69, 9.17) is 5.73 Å². The number of benzene rings is 1. The minimum absolute atomic E-state index is 0.116. The fraction of sp³-hybridized carbons (Fsp3) is 0.357. The van der Waals surface area contributed by atoms with Crippen molar-refractivity contribution in [3.63, 3.8) is 0 Å². The largest absolute Gasteiger partial charge is 0.375 e. The lowest BCUT2D eigenvalue weighted by Crippen LogP contribution is -2.00. The molecule has 0 spiro atoms. The number of anilines is 1. The third kappa shape index (κ3) is 2.34. The maximum Gasteiger partial charge on any atom is 0.180 e. The molecule has 1 heterocycles. The Labute approximate surface area is 114 Å². The van der Waals surface area contributed by atoms with E-state index < -0.39 is 11.6 Å². The highest BCUT2D eigenvalue weighted by molar-refractivity contribution is 7.15. The Bertz CT molecular complexity index is 633. The molecule has 0 unspecified atom stereocenters. The van der Waals surface area contributed by atoms with Gasteiger partial charge < -0.3 is 5.73 Å². The number of rotatable bonds is 3. The fourth-order valence-electron chi connectivity index (χ4n) is 2.22. The summed E-state index contributed by atoms with van der Waals surface area (Å²) in [6.07, 6.45) is 2.42. The van der Waals surface area contributed by atoms with Crippen LogP contribution in [0.2, 0.25) is 0 Å². The zero-order valence-corrected chi connectivity index (χ0v) is 11.4. The van der Waals surface area contributed by atoms with E-state index in [1.54, 1.807) is 6.92 Å². The van der Waals surface area contributed by atoms with E-state index >= 15 is 0 Å². The second-order valence-electron chi connectivity index (χ2n) is 4.97. The number of hydrogen-bond donors (Lipinski definition) is 1. The van der Waals surface area contributed by atoms with Gasteiger partial charge in [0.05, 0.1) is 5.69 Å². The first-order chi connectivity index (χ1) is 9.06. The summed E-state index contributed by atoms with van der Waals surface area (Å²) in [6, 6.07) is 2.77. The number of aromatic nitrogens is 1. The van der Waals surface area contributed by atoms with Crippen molar-refractivity contribution in [2.45, 2.75) is 32.1 Å². The predicted molar refractivity (Wildman–Crippen MR) is 72.4 cm³/mol. The SMILES string of the molecule is Cc1ccc(F)c(Cc2sc(N)nc2C2CC2)c1F. The second-order valence-corrected chi connectivity index (χ2v) is 6.08. The smallest absolute Gasteiger partial charge is 0.180 e. The first-order valence-corrected chi connectivity index (χ1v) is 7.06. The molecule has 1 aromatic carbocycles. The van der Waals surface area contributed by atoms with Crippen LogP contribution in [-0.4, -0.2) is 4.98 Å². The number of nitrogen functional groups attached to an aromatic ring is 1. The molecule has 0 bridgehead atoms. The van der Waals surface area contributed by atoms with Gasteiger partial charge in [-0.25, -0.2) is 13.8 Å². The zero-order chi connectivity index (χ0) is 13.6. The lowest BCUT2D eigenvalue weighted by Gasteiger charge is -2.07. The average Bonchev–Trinajstić information content (AvgIpc) is 3.14. The van der Waals surface area contributed by atoms with Crippen LogP contribution < -0.4 is 5.73 Å². The summed E-state index contributed by atoms with van der Waals surface area (Å²) in [4.78, 5) is 5.19. The molecule has 3 rings (SSSR count). The van der Waals surface area contributed by atoms with Gasteiger partial charge in [-0.3, -0.25) is 0 Å². The molecule has 100 valence electrons. The number of nitrogens with zero attached hydrogens (tertiary/aromatic N) is 1. The molecule has 2 aromatic rings. The molecule has 0 radical (unpaired) electrons. The minimum Gasteiger partial charge on any atom is -0.375 e. The Morgan fingerprint density at radius 1 is 1.37 bits per heavy atom. The molecule has 2 N–H and O–H groups in total. The van der Waals surface area contributed by atoms with Gasteiger partial charge >= 0.3 is 0 Å². The van der Waals surface area contributed by atoms with Crippen LogP contribution in [0.5, 0.6) is 0 Å². The van der Waals surface area contributed by atoms with E-state index in [2.05, 4.69) is 4.98 Å². The highest BCUT2D eigenvalue weighted by atomic mass is 32.1. The van der Waals surface area contributed by atoms with Crippen molar-refractivity contribution in [3.05, 3.63) is 45.5 Å². The van der Waals surface area contributed by atoms with Crippen LogP contribution >= 0.6 is 11.3 Å². The fourth-order valence-corrected chi connectivity index (χ4v) is 3.15. The summed E-state index contributed by atoms with van der Waals surface area (Å²) < 4.78 is 27.8. The van der Waals surface area contributed by atoms with Crippen LogP contribution in [0.25, 0.3) is 0 Å². The first-order valence-electron chi connectivity index (χ1n) is 6.25. The number of aryl methyl sites for hydroxylation is 1. The van der Waals surface area contributed by atoms with E-state index in [1.165, 1.54) is 23.5 Å². The second kappa shape index (κ2) is 4.56. The van der Waals surface area contributed by atoms with Gasteiger partial charge in [0.15, 0.2) is 5.13 Å². The summed E-state index contributed by atoms with van der Waals surface area (Å²) in [7, 11) is 0. The van der Waals surface area contributed by atoms with Crippen LogP contribution in [0.4, 0.5) is 13.9 Å². The van der Waals surface area contributed by atoms with Gasteiger partial charge in [-0.1, -0.05) is 6.07 Å². The molecule has 1 aromatic heterocycles. The molecule has 5 heteroatoms. The van der Waals surface area contributed by atoms with Gasteiger partial charge in [-0.05, 0) is 31.4 Å². The molecule has 19 heavy (non-hydrogen) atoms. The van der Waals surface area contributed by atoms with E-state index in [0.29, 0.717) is 16.6 Å². The van der Waals surface area contributed by atoms with E-state index in [-0.39, 0.29) is 12.0 Å². The van der Waals surface area contributed by atoms with Crippen molar-refractivity contribution in [1.82, 2.24) is 4.98 Å². The van der Waals surface area contributed by atoms with Gasteiger partial charge in [0, 0.05) is 22.8 Å². The molecular weight excluding hydrogens is 266 g/mol. The molecular formula is C14H14F2N2S. The van der Waals surface area contributed by atoms with Crippen LogP contribution in [0.3, 0.4) is 0 Å². The van der Waals surface area contributed by atoms with Gasteiger partial charge in [-0.15, -0.1) is 11.3 Å². The molecule has 1 saturated carbocycles. The highest BCUT2D eigenvalue weighted by Crippen LogP contribution is 2.44. The maximum absolute atomic E-state index is 14.0. The maximum atomic E-state index is 14.0. The monoisotopic (exact) mass is 280 g/mol. The summed E-state index contributed by atoms with van der Waals surface area (Å²) in [6.45, 7) is 1.64. The van der Waals surface area contributed by atoms with Crippen LogP contribution in [0.15, 0.2) is 12.1 Å². The predicted octanol–water partition coefficient (Wildman–Crippen LogP) is 3.78. The van der Waals surface area contributed by atoms with Crippen molar-refractivity contribution in [2.75, 3.05) is 5.73 Å². The van der Waals surface area contributed by atoms with E-state index in [9.17, 15) is 8.78 Å². The van der Waals surface area contributed by atoms with Crippen LogP contribution in [-0.2, 0) is 6.42 Å². The lowest BCUT2D eigenvalue weighted by molar-refractivity contribution is 0.556. The molecule has 0 saturated heterocycles. The van der Waals surface area contributed by atoms with Crippen LogP contribution in [0.1, 0.15) is 40.5 Å². The van der Waals surface area contributed by atoms with E-state index in [1.807, 2.05) is 0 Å². The standard InChI is InChI=1S/C14H14F2N2S/c1-7-2-5-10(15)9(12(7)16)6-11-13(8-3-4-8)18-14(17)19-11/h2,5,8H,3-4,6H2,1H3,(H2,17,18). The first kappa shape index (κ1) is 12.5. The molecule has 0 atom stereocenters. The number of hydrogen-bond acceptors (Lipinski definition) is 3. The number of nitrogens with two attached hydrogens (primary N) is 1. The van der Waals surface area contributed by atoms with Crippen molar-refractivity contribution in [2.24, 2.45) is 0 Å². The van der Waals surface area contributed by atoms with Gasteiger partial charge in [0.25, 0.3) is 0 Å². The molecule has 0 amide bonds. The third-order valence-corrected chi connectivity index (χ3v) is 4.32. The summed E-state index contributed by atoms with van der Waals surface area (Å²) in [5.41, 5.74) is 7.23. The molecule has 1 aliphatic rings. The Balaban J connectivity index is 1.99. The summed E-state index contributed by atoms with van der Waals surface area (Å²) >= 11 is 1.33.